The molecule has 0 heteroatoms. The normalized spacial score (nSPS) is 20.8. The fraction of sp³-hybridized carbons (Fsp3) is 0.143. The van der Waals surface area contributed by atoms with Gasteiger partial charge in [0.2, 0.25) is 0 Å². The van der Waals surface area contributed by atoms with Gasteiger partial charge < -0.3 is 0 Å². The van der Waals surface area contributed by atoms with E-state index >= 15 is 0 Å². The fourth-order valence-corrected chi connectivity index (χ4v) is 1.74. The van der Waals surface area contributed by atoms with E-state index in [1.54, 1.807) is 0 Å². The van der Waals surface area contributed by atoms with E-state index in [1.165, 1.54) is 16.7 Å². The Kier molecular flexibility index (Phi) is 2.36. The van der Waals surface area contributed by atoms with Gasteiger partial charge in [-0.05, 0) is 18.1 Å². The first kappa shape index (κ1) is 9.01. The largest absolute Gasteiger partial charge is 0.0949 e. The highest BCUT2D eigenvalue weighted by molar-refractivity contribution is 5.44. The van der Waals surface area contributed by atoms with Crippen LogP contribution in [-0.2, 0) is 0 Å². The van der Waals surface area contributed by atoms with Crippen LogP contribution < -0.4 is 0 Å². The van der Waals surface area contributed by atoms with Gasteiger partial charge in [0.25, 0.3) is 0 Å². The van der Waals surface area contributed by atoms with Crippen LogP contribution in [0.1, 0.15) is 18.4 Å². The second kappa shape index (κ2) is 3.67. The lowest BCUT2D eigenvalue weighted by Gasteiger charge is -2.18. The summed E-state index contributed by atoms with van der Waals surface area (Å²) in [7, 11) is 0. The van der Waals surface area contributed by atoms with Crippen molar-refractivity contribution in [2.24, 2.45) is 0 Å². The average molecular weight is 182 g/mol. The third-order valence-corrected chi connectivity index (χ3v) is 2.55. The monoisotopic (exact) mass is 182 g/mol. The van der Waals surface area contributed by atoms with Crippen molar-refractivity contribution in [2.75, 3.05) is 0 Å². The van der Waals surface area contributed by atoms with Crippen molar-refractivity contribution in [2.45, 2.75) is 12.8 Å². The van der Waals surface area contributed by atoms with Crippen LogP contribution in [0.25, 0.3) is 0 Å². The molecule has 0 bridgehead atoms. The topological polar surface area (TPSA) is 0 Å². The molecule has 1 unspecified atom stereocenters. The molecule has 0 N–H and O–H groups in total. The summed E-state index contributed by atoms with van der Waals surface area (Å²) in [6.07, 6.45) is 6.48. The molecular formula is C14H14. The van der Waals surface area contributed by atoms with Gasteiger partial charge >= 0.3 is 0 Å². The highest BCUT2D eigenvalue weighted by Crippen LogP contribution is 2.30. The molecule has 70 valence electrons. The van der Waals surface area contributed by atoms with Crippen LogP contribution in [0.5, 0.6) is 0 Å². The first-order valence-corrected chi connectivity index (χ1v) is 4.87. The van der Waals surface area contributed by atoms with Crippen molar-refractivity contribution in [3.05, 3.63) is 71.8 Å². The van der Waals surface area contributed by atoms with E-state index in [2.05, 4.69) is 56.0 Å². The maximum atomic E-state index is 4.08. The molecule has 0 saturated carbocycles. The summed E-state index contributed by atoms with van der Waals surface area (Å²) in [5.74, 6) is 0.362. The summed E-state index contributed by atoms with van der Waals surface area (Å²) < 4.78 is 0. The Morgan fingerprint density at radius 3 is 2.50 bits per heavy atom. The van der Waals surface area contributed by atoms with Crippen LogP contribution in [0.3, 0.4) is 0 Å². The summed E-state index contributed by atoms with van der Waals surface area (Å²) in [6, 6.07) is 10.5. The molecule has 1 aliphatic carbocycles. The van der Waals surface area contributed by atoms with E-state index in [0.717, 1.165) is 0 Å². The predicted octanol–water partition coefficient (Wildman–Crippen LogP) is 3.84. The standard InChI is InChI=1S/C14H14/c1-11-8-9-12(2)14(10-11)13-6-4-3-5-7-13/h3-10,14H,2H2,1H3. The Balaban J connectivity index is 2.36. The molecular weight excluding hydrogens is 168 g/mol. The molecule has 0 radical (unpaired) electrons. The minimum atomic E-state index is 0.362. The molecule has 0 spiro atoms. The molecule has 14 heavy (non-hydrogen) atoms. The number of hydrogen-bond donors (Lipinski definition) is 0. The van der Waals surface area contributed by atoms with Gasteiger partial charge in [0, 0.05) is 5.92 Å². The second-order valence-electron chi connectivity index (χ2n) is 3.71. The minimum absolute atomic E-state index is 0.362. The zero-order valence-corrected chi connectivity index (χ0v) is 8.40. The van der Waals surface area contributed by atoms with Gasteiger partial charge in [0.1, 0.15) is 0 Å². The molecule has 0 heterocycles. The SMILES string of the molecule is C=C1C=CC(C)=CC1c1ccccc1. The maximum absolute atomic E-state index is 4.08. The molecule has 0 saturated heterocycles. The van der Waals surface area contributed by atoms with Gasteiger partial charge in [-0.1, -0.05) is 60.7 Å². The lowest BCUT2D eigenvalue weighted by Crippen LogP contribution is -2.00. The molecule has 0 aliphatic heterocycles. The zero-order valence-electron chi connectivity index (χ0n) is 8.40. The van der Waals surface area contributed by atoms with E-state index in [0.29, 0.717) is 5.92 Å². The fourth-order valence-electron chi connectivity index (χ4n) is 1.74. The first-order valence-electron chi connectivity index (χ1n) is 4.87. The van der Waals surface area contributed by atoms with Crippen LogP contribution in [0.15, 0.2) is 66.3 Å². The van der Waals surface area contributed by atoms with Crippen LogP contribution in [0.2, 0.25) is 0 Å². The third-order valence-electron chi connectivity index (χ3n) is 2.55. The van der Waals surface area contributed by atoms with Gasteiger partial charge in [0.15, 0.2) is 0 Å². The van der Waals surface area contributed by atoms with Crippen molar-refractivity contribution in [3.63, 3.8) is 0 Å². The number of benzene rings is 1. The Labute approximate surface area is 85.3 Å². The van der Waals surface area contributed by atoms with Gasteiger partial charge in [0.05, 0.1) is 0 Å². The van der Waals surface area contributed by atoms with Crippen LogP contribution >= 0.6 is 0 Å². The minimum Gasteiger partial charge on any atom is -0.0949 e. The maximum Gasteiger partial charge on any atom is 0.0269 e. The highest BCUT2D eigenvalue weighted by Gasteiger charge is 2.12. The van der Waals surface area contributed by atoms with Gasteiger partial charge in [-0.25, -0.2) is 0 Å². The Morgan fingerprint density at radius 2 is 1.79 bits per heavy atom. The van der Waals surface area contributed by atoms with Gasteiger partial charge in [-0.2, -0.15) is 0 Å². The van der Waals surface area contributed by atoms with E-state index < -0.39 is 0 Å². The van der Waals surface area contributed by atoms with Gasteiger partial charge in [-0.15, -0.1) is 0 Å². The van der Waals surface area contributed by atoms with Gasteiger partial charge in [-0.3, -0.25) is 0 Å². The van der Waals surface area contributed by atoms with E-state index in [1.807, 2.05) is 6.07 Å². The Morgan fingerprint density at radius 1 is 1.07 bits per heavy atom. The molecule has 0 amide bonds. The summed E-state index contributed by atoms with van der Waals surface area (Å²) in [4.78, 5) is 0. The molecule has 1 atom stereocenters. The van der Waals surface area contributed by atoms with Crippen molar-refractivity contribution in [3.8, 4) is 0 Å². The molecule has 0 nitrogen and oxygen atoms in total. The van der Waals surface area contributed by atoms with Crippen LogP contribution in [-0.4, -0.2) is 0 Å². The van der Waals surface area contributed by atoms with Crippen molar-refractivity contribution < 1.29 is 0 Å². The quantitative estimate of drug-likeness (QED) is 0.619. The third kappa shape index (κ3) is 1.69. The Hall–Kier alpha value is -1.56. The van der Waals surface area contributed by atoms with E-state index in [9.17, 15) is 0 Å². The lowest BCUT2D eigenvalue weighted by molar-refractivity contribution is 1.01. The summed E-state index contributed by atoms with van der Waals surface area (Å²) >= 11 is 0. The van der Waals surface area contributed by atoms with Crippen LogP contribution in [0.4, 0.5) is 0 Å². The zero-order chi connectivity index (χ0) is 9.97. The smallest absolute Gasteiger partial charge is 0.0269 e. The highest BCUT2D eigenvalue weighted by atomic mass is 14.2. The molecule has 1 aromatic rings. The summed E-state index contributed by atoms with van der Waals surface area (Å²) in [5, 5.41) is 0. The second-order valence-corrected chi connectivity index (χ2v) is 3.71. The molecule has 1 aliphatic rings. The average Bonchev–Trinajstić information content (AvgIpc) is 2.23. The number of allylic oxidation sites excluding steroid dienone is 5. The number of rotatable bonds is 1. The molecule has 0 aromatic heterocycles. The van der Waals surface area contributed by atoms with Crippen molar-refractivity contribution in [1.82, 2.24) is 0 Å². The Bertz CT molecular complexity index is 393. The van der Waals surface area contributed by atoms with Crippen molar-refractivity contribution >= 4 is 0 Å². The molecule has 2 rings (SSSR count). The summed E-state index contributed by atoms with van der Waals surface area (Å²) in [5.41, 5.74) is 3.80. The van der Waals surface area contributed by atoms with E-state index in [4.69, 9.17) is 0 Å². The molecule has 1 aromatic carbocycles. The lowest BCUT2D eigenvalue weighted by atomic mass is 9.87. The first-order chi connectivity index (χ1) is 6.77. The molecule has 0 fully saturated rings. The van der Waals surface area contributed by atoms with E-state index in [-0.39, 0.29) is 0 Å². The predicted molar refractivity (Wildman–Crippen MR) is 61.2 cm³/mol. The van der Waals surface area contributed by atoms with Crippen molar-refractivity contribution in [1.29, 1.82) is 0 Å². The van der Waals surface area contributed by atoms with Crippen LogP contribution in [0, 0.1) is 0 Å². The number of hydrogen-bond acceptors (Lipinski definition) is 0. The summed E-state index contributed by atoms with van der Waals surface area (Å²) in [6.45, 7) is 6.20.